The van der Waals surface area contributed by atoms with Gasteiger partial charge in [0.05, 0.1) is 27.7 Å². The molecule has 0 aliphatic rings. The highest BCUT2D eigenvalue weighted by Crippen LogP contribution is 2.27. The zero-order chi connectivity index (χ0) is 13.4. The molecule has 0 fully saturated rings. The van der Waals surface area contributed by atoms with Gasteiger partial charge in [0, 0.05) is 11.6 Å². The van der Waals surface area contributed by atoms with E-state index in [0.29, 0.717) is 33.4 Å². The lowest BCUT2D eigenvalue weighted by Gasteiger charge is -2.02. The molecule has 5 nitrogen and oxygen atoms in total. The first-order chi connectivity index (χ1) is 9.17. The van der Waals surface area contributed by atoms with Gasteiger partial charge in [-0.2, -0.15) is 10.2 Å². The van der Waals surface area contributed by atoms with Gasteiger partial charge in [0.1, 0.15) is 0 Å². The summed E-state index contributed by atoms with van der Waals surface area (Å²) >= 11 is 6.08. The number of nitrogens with zero attached hydrogens (tertiary/aromatic N) is 4. The van der Waals surface area contributed by atoms with E-state index in [1.54, 1.807) is 25.3 Å². The molecule has 0 saturated heterocycles. The van der Waals surface area contributed by atoms with E-state index in [0.717, 1.165) is 5.39 Å². The maximum atomic E-state index is 8.94. The zero-order valence-electron chi connectivity index (χ0n) is 9.88. The zero-order valence-corrected chi connectivity index (χ0v) is 10.6. The second-order valence-corrected chi connectivity index (χ2v) is 4.42. The van der Waals surface area contributed by atoms with Gasteiger partial charge in [-0.05, 0) is 25.1 Å². The van der Waals surface area contributed by atoms with Crippen molar-refractivity contribution >= 4 is 22.5 Å². The van der Waals surface area contributed by atoms with Crippen molar-refractivity contribution in [3.8, 4) is 17.5 Å². The summed E-state index contributed by atoms with van der Waals surface area (Å²) in [5, 5.41) is 13.9. The summed E-state index contributed by atoms with van der Waals surface area (Å²) in [5.74, 6) is 0.948. The fourth-order valence-electron chi connectivity index (χ4n) is 1.80. The van der Waals surface area contributed by atoms with Crippen molar-refractivity contribution in [2.24, 2.45) is 0 Å². The molecule has 0 saturated carbocycles. The monoisotopic (exact) mass is 270 g/mol. The Bertz CT molecular complexity index is 819. The van der Waals surface area contributed by atoms with Crippen molar-refractivity contribution in [3.63, 3.8) is 0 Å². The fraction of sp³-hybridized carbons (Fsp3) is 0.0769. The van der Waals surface area contributed by atoms with Crippen molar-refractivity contribution in [2.45, 2.75) is 6.92 Å². The summed E-state index contributed by atoms with van der Waals surface area (Å²) in [6.07, 6.45) is 1.62. The average Bonchev–Trinajstić information content (AvgIpc) is 2.84. The van der Waals surface area contributed by atoms with E-state index < -0.39 is 0 Å². The van der Waals surface area contributed by atoms with Crippen LogP contribution < -0.4 is 0 Å². The van der Waals surface area contributed by atoms with Crippen molar-refractivity contribution in [3.05, 3.63) is 40.8 Å². The number of hydrogen-bond acceptors (Lipinski definition) is 5. The number of nitriles is 1. The number of pyridine rings is 1. The highest BCUT2D eigenvalue weighted by molar-refractivity contribution is 6.35. The summed E-state index contributed by atoms with van der Waals surface area (Å²) in [5.41, 5.74) is 1.82. The van der Waals surface area contributed by atoms with Gasteiger partial charge in [-0.25, -0.2) is 0 Å². The number of hydrogen-bond donors (Lipinski definition) is 0. The lowest BCUT2D eigenvalue weighted by molar-refractivity contribution is 0.425. The van der Waals surface area contributed by atoms with E-state index in [1.807, 2.05) is 6.07 Å². The largest absolute Gasteiger partial charge is 0.334 e. The number of fused-ring (bicyclic) bond motifs is 1. The first-order valence-corrected chi connectivity index (χ1v) is 5.85. The minimum Gasteiger partial charge on any atom is -0.334 e. The van der Waals surface area contributed by atoms with Crippen LogP contribution in [0.4, 0.5) is 0 Å². The van der Waals surface area contributed by atoms with Gasteiger partial charge in [-0.15, -0.1) is 0 Å². The van der Waals surface area contributed by atoms with Crippen LogP contribution in [0, 0.1) is 18.3 Å². The van der Waals surface area contributed by atoms with E-state index in [9.17, 15) is 0 Å². The lowest BCUT2D eigenvalue weighted by atomic mass is 10.1. The van der Waals surface area contributed by atoms with Gasteiger partial charge in [0.25, 0.3) is 5.89 Å². The van der Waals surface area contributed by atoms with Gasteiger partial charge < -0.3 is 4.52 Å². The van der Waals surface area contributed by atoms with Crippen LogP contribution in [0.1, 0.15) is 11.4 Å². The molecule has 6 heteroatoms. The maximum absolute atomic E-state index is 8.94. The minimum atomic E-state index is 0.394. The summed E-state index contributed by atoms with van der Waals surface area (Å²) in [6, 6.07) is 7.19. The average molecular weight is 271 g/mol. The molecular formula is C13H7ClN4O. The smallest absolute Gasteiger partial charge is 0.259 e. The van der Waals surface area contributed by atoms with E-state index in [2.05, 4.69) is 21.2 Å². The number of halogens is 1. The second kappa shape index (κ2) is 4.34. The first kappa shape index (κ1) is 11.6. The predicted octanol–water partition coefficient (Wildman–Crippen LogP) is 3.12. The van der Waals surface area contributed by atoms with E-state index >= 15 is 0 Å². The third kappa shape index (κ3) is 2.02. The van der Waals surface area contributed by atoms with Gasteiger partial charge in [0.15, 0.2) is 5.82 Å². The molecule has 1 aromatic carbocycles. The van der Waals surface area contributed by atoms with Crippen LogP contribution in [-0.4, -0.2) is 15.1 Å². The highest BCUT2D eigenvalue weighted by atomic mass is 35.5. The van der Waals surface area contributed by atoms with Gasteiger partial charge in [-0.1, -0.05) is 16.8 Å². The molecule has 0 unspecified atom stereocenters. The Balaban J connectivity index is 2.23. The van der Waals surface area contributed by atoms with Crippen LogP contribution in [-0.2, 0) is 0 Å². The first-order valence-electron chi connectivity index (χ1n) is 5.47. The Kier molecular flexibility index (Phi) is 2.65. The topological polar surface area (TPSA) is 75.6 Å². The van der Waals surface area contributed by atoms with Crippen molar-refractivity contribution in [1.82, 2.24) is 15.1 Å². The fourth-order valence-corrected chi connectivity index (χ4v) is 2.08. The van der Waals surface area contributed by atoms with Crippen LogP contribution in [0.5, 0.6) is 0 Å². The summed E-state index contributed by atoms with van der Waals surface area (Å²) in [6.45, 7) is 1.74. The molecule has 92 valence electrons. The SMILES string of the molecule is Cc1noc(-c2cnc3c(Cl)cc(C#N)cc3c2)n1. The highest BCUT2D eigenvalue weighted by Gasteiger charge is 2.10. The van der Waals surface area contributed by atoms with Gasteiger partial charge >= 0.3 is 0 Å². The Morgan fingerprint density at radius 3 is 2.84 bits per heavy atom. The summed E-state index contributed by atoms with van der Waals surface area (Å²) < 4.78 is 5.09. The number of rotatable bonds is 1. The lowest BCUT2D eigenvalue weighted by Crippen LogP contribution is -1.86. The molecule has 0 aliphatic heterocycles. The minimum absolute atomic E-state index is 0.394. The molecule has 19 heavy (non-hydrogen) atoms. The molecule has 0 bridgehead atoms. The Labute approximate surface area is 113 Å². The third-order valence-electron chi connectivity index (χ3n) is 2.64. The van der Waals surface area contributed by atoms with Crippen LogP contribution in [0.25, 0.3) is 22.4 Å². The quantitative estimate of drug-likeness (QED) is 0.679. The number of aryl methyl sites for hydroxylation is 1. The standard InChI is InChI=1S/C13H7ClN4O/c1-7-17-13(19-18-7)10-4-9-2-8(5-15)3-11(14)12(9)16-6-10/h2-4,6H,1H3. The number of aromatic nitrogens is 3. The molecule has 0 atom stereocenters. The molecular weight excluding hydrogens is 264 g/mol. The van der Waals surface area contributed by atoms with E-state index in [-0.39, 0.29) is 0 Å². The van der Waals surface area contributed by atoms with E-state index in [1.165, 1.54) is 0 Å². The Morgan fingerprint density at radius 2 is 2.16 bits per heavy atom. The summed E-state index contributed by atoms with van der Waals surface area (Å²) in [7, 11) is 0. The molecule has 0 N–H and O–H groups in total. The molecule has 3 aromatic rings. The van der Waals surface area contributed by atoms with Crippen LogP contribution in [0.3, 0.4) is 0 Å². The Hall–Kier alpha value is -2.45. The molecule has 3 rings (SSSR count). The maximum Gasteiger partial charge on any atom is 0.259 e. The van der Waals surface area contributed by atoms with Crippen LogP contribution in [0.15, 0.2) is 28.9 Å². The Morgan fingerprint density at radius 1 is 1.32 bits per heavy atom. The van der Waals surface area contributed by atoms with Crippen molar-refractivity contribution < 1.29 is 4.52 Å². The van der Waals surface area contributed by atoms with Crippen molar-refractivity contribution in [2.75, 3.05) is 0 Å². The molecule has 0 radical (unpaired) electrons. The number of benzene rings is 1. The van der Waals surface area contributed by atoms with E-state index in [4.69, 9.17) is 21.4 Å². The van der Waals surface area contributed by atoms with Crippen LogP contribution >= 0.6 is 11.6 Å². The van der Waals surface area contributed by atoms with Crippen LogP contribution in [0.2, 0.25) is 5.02 Å². The molecule has 2 heterocycles. The second-order valence-electron chi connectivity index (χ2n) is 4.01. The predicted molar refractivity (Wildman–Crippen MR) is 69.5 cm³/mol. The molecule has 0 aliphatic carbocycles. The van der Waals surface area contributed by atoms with Gasteiger partial charge in [0.2, 0.25) is 0 Å². The molecule has 0 spiro atoms. The third-order valence-corrected chi connectivity index (χ3v) is 2.93. The normalized spacial score (nSPS) is 10.6. The van der Waals surface area contributed by atoms with Crippen molar-refractivity contribution in [1.29, 1.82) is 5.26 Å². The van der Waals surface area contributed by atoms with Gasteiger partial charge in [-0.3, -0.25) is 4.98 Å². The molecule has 2 aromatic heterocycles. The summed E-state index contributed by atoms with van der Waals surface area (Å²) in [4.78, 5) is 8.41. The molecule has 0 amide bonds.